The van der Waals surface area contributed by atoms with E-state index in [4.69, 9.17) is 33.4 Å². The van der Waals surface area contributed by atoms with Gasteiger partial charge in [-0.25, -0.2) is 0 Å². The van der Waals surface area contributed by atoms with Gasteiger partial charge in [-0.2, -0.15) is 0 Å². The predicted octanol–water partition coefficient (Wildman–Crippen LogP) is 10.2. The number of fused-ring (bicyclic) bond motifs is 10. The Morgan fingerprint density at radius 1 is 0.582 bits per heavy atom. The van der Waals surface area contributed by atoms with Crippen LogP contribution in [0.15, 0.2) is 18.2 Å². The molecule has 22 atom stereocenters. The Morgan fingerprint density at radius 3 is 1.30 bits per heavy atom. The van der Waals surface area contributed by atoms with E-state index in [-0.39, 0.29) is 82.6 Å². The molecule has 12 heteroatoms. The van der Waals surface area contributed by atoms with Gasteiger partial charge in [0.05, 0.1) is 36.6 Å². The maximum atomic E-state index is 11.5. The van der Waals surface area contributed by atoms with E-state index >= 15 is 0 Å². The van der Waals surface area contributed by atoms with E-state index < -0.39 is 24.1 Å². The van der Waals surface area contributed by atoms with E-state index in [0.717, 1.165) is 106 Å². The lowest BCUT2D eigenvalue weighted by molar-refractivity contribution is -0.207. The zero-order chi connectivity index (χ0) is 49.1. The first kappa shape index (κ1) is 53.3. The van der Waals surface area contributed by atoms with E-state index in [0.29, 0.717) is 60.2 Å². The monoisotopic (exact) mass is 977 g/mol. The first-order chi connectivity index (χ1) is 31.4. The van der Waals surface area contributed by atoms with Gasteiger partial charge in [0.1, 0.15) is 0 Å². The van der Waals surface area contributed by atoms with E-state index in [1.165, 1.54) is 0 Å². The molecule has 1 aromatic carbocycles. The Hall–Kier alpha value is -1.50. The molecular formula is C55H86Cl2O10. The van der Waals surface area contributed by atoms with Gasteiger partial charge in [0.25, 0.3) is 0 Å². The van der Waals surface area contributed by atoms with Crippen LogP contribution >= 0.6 is 23.2 Å². The first-order valence-corrected chi connectivity index (χ1v) is 27.1. The summed E-state index contributed by atoms with van der Waals surface area (Å²) in [5, 5.41) is 85.5. The normalized spacial score (nSPS) is 47.1. The van der Waals surface area contributed by atoms with E-state index in [2.05, 4.69) is 41.5 Å². The summed E-state index contributed by atoms with van der Waals surface area (Å²) in [6.07, 6.45) is 12.0. The number of benzene rings is 1. The van der Waals surface area contributed by atoms with E-state index in [1.54, 1.807) is 0 Å². The van der Waals surface area contributed by atoms with Crippen LogP contribution < -0.4 is 0 Å². The number of hydrogen-bond acceptors (Lipinski definition) is 8. The molecule has 0 aromatic heterocycles. The number of carbonyl (C=O) groups is 2. The van der Waals surface area contributed by atoms with Gasteiger partial charge < -0.3 is 40.9 Å². The highest BCUT2D eigenvalue weighted by Crippen LogP contribution is 2.70. The highest BCUT2D eigenvalue weighted by Gasteiger charge is 2.67. The third kappa shape index (κ3) is 9.78. The number of carboxylic acid groups (broad SMARTS) is 2. The summed E-state index contributed by atoms with van der Waals surface area (Å²) in [5.41, 5.74) is 0.659. The minimum absolute atomic E-state index is 0.0957. The second kappa shape index (κ2) is 20.5. The molecule has 67 heavy (non-hydrogen) atoms. The molecule has 0 aliphatic heterocycles. The Labute approximate surface area is 411 Å². The third-order valence-corrected chi connectivity index (χ3v) is 22.7. The minimum atomic E-state index is -0.748. The molecule has 0 heterocycles. The SMILES string of the molecule is C[C@H](CCC(=O)O)[C@H]1CC[C@H]2[C@@H]3[C@H](O)C[C@@H]4C[C@H](O)CC[C@]4(C)[C@H]3C[C@H](O)[C@]12C.C[C@H](CCC(=O)O)[C@H]1CC[C@H]2[C@@H]3[C@H](O)C[C@@H]4C[C@H](O)CC[C@]4(C)[C@H]3C[C@H](O)[C@]12C.Cc1c(Cl)cccc1Cl. The quantitative estimate of drug-likeness (QED) is 0.124. The predicted molar refractivity (Wildman–Crippen MR) is 261 cm³/mol. The van der Waals surface area contributed by atoms with Crippen LogP contribution in [0.25, 0.3) is 0 Å². The topological polar surface area (TPSA) is 196 Å². The molecule has 380 valence electrons. The van der Waals surface area contributed by atoms with Gasteiger partial charge in [0, 0.05) is 22.9 Å². The van der Waals surface area contributed by atoms with Gasteiger partial charge in [-0.15, -0.1) is 0 Å². The second-order valence-electron chi connectivity index (χ2n) is 24.7. The smallest absolute Gasteiger partial charge is 0.303 e. The zero-order valence-electron chi connectivity index (χ0n) is 41.5. The summed E-state index contributed by atoms with van der Waals surface area (Å²) < 4.78 is 0. The molecule has 8 aliphatic rings. The number of rotatable bonds is 8. The number of aliphatic hydroxyl groups is 6. The van der Waals surface area contributed by atoms with Crippen molar-refractivity contribution in [1.82, 2.24) is 0 Å². The number of aliphatic carboxylic acids is 2. The standard InChI is InChI=1S/2C24H40O5.C7H6Cl2/c2*1-13(4-7-21(28)29)16-5-6-17-22-18(12-20(27)24(16,17)3)23(2)9-8-15(25)10-14(23)11-19(22)26;1-5-6(8)3-2-4-7(5)9/h2*13-20,22,25-27H,4-12H2,1-3H3,(H,28,29);2-4H,1H3/t2*13-,14+,15-,16-,17+,18+,19-,20+,22+,23+,24-;/m11./s1. The molecule has 9 rings (SSSR count). The fourth-order valence-electron chi connectivity index (χ4n) is 17.9. The van der Waals surface area contributed by atoms with Gasteiger partial charge in [0.15, 0.2) is 0 Å². The number of aliphatic hydroxyl groups excluding tert-OH is 6. The van der Waals surface area contributed by atoms with Crippen molar-refractivity contribution in [2.45, 2.75) is 201 Å². The summed E-state index contributed by atoms with van der Waals surface area (Å²) in [7, 11) is 0. The van der Waals surface area contributed by atoms with Crippen LogP contribution in [0.3, 0.4) is 0 Å². The lowest BCUT2D eigenvalue weighted by Crippen LogP contribution is -2.62. The van der Waals surface area contributed by atoms with Crippen LogP contribution in [0.5, 0.6) is 0 Å². The van der Waals surface area contributed by atoms with Gasteiger partial charge >= 0.3 is 11.9 Å². The molecule has 0 radical (unpaired) electrons. The Bertz CT molecular complexity index is 1770. The van der Waals surface area contributed by atoms with Crippen LogP contribution in [-0.4, -0.2) is 89.4 Å². The molecule has 0 saturated heterocycles. The fraction of sp³-hybridized carbons (Fsp3) is 0.855. The van der Waals surface area contributed by atoms with Crippen LogP contribution in [0.1, 0.15) is 163 Å². The third-order valence-electron chi connectivity index (χ3n) is 21.9. The highest BCUT2D eigenvalue weighted by atomic mass is 35.5. The average Bonchev–Trinajstić information content (AvgIpc) is 3.82. The summed E-state index contributed by atoms with van der Waals surface area (Å²) in [5.74, 6) is 1.99. The molecule has 0 bridgehead atoms. The van der Waals surface area contributed by atoms with Crippen molar-refractivity contribution in [2.24, 2.45) is 92.7 Å². The van der Waals surface area contributed by atoms with E-state index in [1.807, 2.05) is 25.1 Å². The maximum Gasteiger partial charge on any atom is 0.303 e. The molecule has 0 unspecified atom stereocenters. The zero-order valence-corrected chi connectivity index (χ0v) is 43.0. The summed E-state index contributed by atoms with van der Waals surface area (Å²) in [4.78, 5) is 22.1. The van der Waals surface area contributed by atoms with Gasteiger partial charge in [0.2, 0.25) is 0 Å². The Balaban J connectivity index is 0.000000168. The lowest BCUT2D eigenvalue weighted by atomic mass is 9.43. The number of halogens is 2. The molecule has 8 aliphatic carbocycles. The second-order valence-corrected chi connectivity index (χ2v) is 25.5. The van der Waals surface area contributed by atoms with Crippen molar-refractivity contribution in [1.29, 1.82) is 0 Å². The van der Waals surface area contributed by atoms with Crippen LogP contribution in [-0.2, 0) is 9.59 Å². The Morgan fingerprint density at radius 2 is 0.955 bits per heavy atom. The van der Waals surface area contributed by atoms with Crippen molar-refractivity contribution in [3.63, 3.8) is 0 Å². The lowest BCUT2D eigenvalue weighted by Gasteiger charge is -2.63. The van der Waals surface area contributed by atoms with Crippen molar-refractivity contribution in [2.75, 3.05) is 0 Å². The molecular weight excluding hydrogens is 892 g/mol. The summed E-state index contributed by atoms with van der Waals surface area (Å²) in [6.45, 7) is 15.3. The summed E-state index contributed by atoms with van der Waals surface area (Å²) in [6, 6.07) is 5.48. The largest absolute Gasteiger partial charge is 0.481 e. The van der Waals surface area contributed by atoms with Crippen molar-refractivity contribution in [3.8, 4) is 0 Å². The molecule has 1 aromatic rings. The van der Waals surface area contributed by atoms with Crippen molar-refractivity contribution in [3.05, 3.63) is 33.8 Å². The van der Waals surface area contributed by atoms with Crippen LogP contribution in [0.2, 0.25) is 10.0 Å². The maximum absolute atomic E-state index is 11.5. The highest BCUT2D eigenvalue weighted by molar-refractivity contribution is 6.35. The van der Waals surface area contributed by atoms with Crippen LogP contribution in [0.4, 0.5) is 0 Å². The molecule has 8 saturated carbocycles. The number of hydrogen-bond donors (Lipinski definition) is 8. The van der Waals surface area contributed by atoms with Gasteiger partial charge in [-0.05, 0) is 220 Å². The number of carboxylic acids is 2. The summed E-state index contributed by atoms with van der Waals surface area (Å²) >= 11 is 11.5. The molecule has 8 fully saturated rings. The molecule has 0 spiro atoms. The van der Waals surface area contributed by atoms with Crippen LogP contribution in [0, 0.1) is 99.6 Å². The van der Waals surface area contributed by atoms with Crippen molar-refractivity contribution >= 4 is 35.1 Å². The first-order valence-electron chi connectivity index (χ1n) is 26.3. The molecule has 0 amide bonds. The molecule has 8 N–H and O–H groups in total. The van der Waals surface area contributed by atoms with Gasteiger partial charge in [-0.3, -0.25) is 9.59 Å². The average molecular weight is 978 g/mol. The molecule has 10 nitrogen and oxygen atoms in total. The van der Waals surface area contributed by atoms with Gasteiger partial charge in [-0.1, -0.05) is 70.8 Å². The minimum Gasteiger partial charge on any atom is -0.481 e. The van der Waals surface area contributed by atoms with Crippen molar-refractivity contribution < 1.29 is 50.4 Å². The van der Waals surface area contributed by atoms with E-state index in [9.17, 15) is 40.2 Å². The fourth-order valence-corrected chi connectivity index (χ4v) is 18.3. The Kier molecular flexibility index (Phi) is 16.3.